The highest BCUT2D eigenvalue weighted by atomic mass is 16.6. The van der Waals surface area contributed by atoms with Crippen LogP contribution in [0.4, 0.5) is 0 Å². The predicted octanol–water partition coefficient (Wildman–Crippen LogP) is 2.67. The van der Waals surface area contributed by atoms with Crippen LogP contribution in [-0.2, 0) is 4.74 Å². The molecule has 2 aromatic rings. The summed E-state index contributed by atoms with van der Waals surface area (Å²) in [5.41, 5.74) is 0.716. The highest BCUT2D eigenvalue weighted by Gasteiger charge is 2.14. The first kappa shape index (κ1) is 21.5. The lowest BCUT2D eigenvalue weighted by molar-refractivity contribution is -0.0806. The number of rotatable bonds is 5. The fourth-order valence-corrected chi connectivity index (χ4v) is 2.19. The smallest absolute Gasteiger partial charge is 0.346 e. The second-order valence-electron chi connectivity index (χ2n) is 5.50. The lowest BCUT2D eigenvalue weighted by Crippen LogP contribution is -2.39. The van der Waals surface area contributed by atoms with E-state index < -0.39 is 24.4 Å². The first-order valence-corrected chi connectivity index (χ1v) is 8.35. The molecule has 140 valence electrons. The molecule has 0 aliphatic heterocycles. The van der Waals surface area contributed by atoms with Crippen LogP contribution in [0.3, 0.4) is 0 Å². The van der Waals surface area contributed by atoms with Crippen LogP contribution in [0.2, 0.25) is 0 Å². The number of esters is 2. The van der Waals surface area contributed by atoms with Crippen LogP contribution >= 0.6 is 0 Å². The Morgan fingerprint density at radius 1 is 0.846 bits per heavy atom. The molecule has 0 aliphatic rings. The summed E-state index contributed by atoms with van der Waals surface area (Å²) in [6.07, 6.45) is -1.12. The van der Waals surface area contributed by atoms with Crippen molar-refractivity contribution in [3.8, 4) is 0 Å². The van der Waals surface area contributed by atoms with Crippen molar-refractivity contribution in [2.24, 2.45) is 0 Å². The first-order valence-electron chi connectivity index (χ1n) is 8.35. The fourth-order valence-electron chi connectivity index (χ4n) is 2.19. The minimum atomic E-state index is -0.639. The molecule has 2 unspecified atom stereocenters. The lowest BCUT2D eigenvalue weighted by atomic mass is 10.2. The number of hydrogen-bond acceptors (Lipinski definition) is 6. The van der Waals surface area contributed by atoms with Gasteiger partial charge in [0.2, 0.25) is 0 Å². The molecule has 6 nitrogen and oxygen atoms in total. The van der Waals surface area contributed by atoms with E-state index in [9.17, 15) is 9.59 Å². The molecule has 0 saturated heterocycles. The normalized spacial score (nSPS) is 12.5. The van der Waals surface area contributed by atoms with Crippen molar-refractivity contribution < 1.29 is 24.5 Å². The zero-order chi connectivity index (χ0) is 19.5. The molecule has 0 aromatic heterocycles. The fraction of sp³-hybridized carbons (Fsp3) is 0.300. The average Bonchev–Trinajstić information content (AvgIpc) is 2.63. The molecule has 0 heterocycles. The molecule has 0 amide bonds. The van der Waals surface area contributed by atoms with Gasteiger partial charge in [-0.15, -0.1) is 0 Å². The predicted molar refractivity (Wildman–Crippen MR) is 98.4 cm³/mol. The molecule has 2 aromatic carbocycles. The van der Waals surface area contributed by atoms with Gasteiger partial charge in [0.15, 0.2) is 0 Å². The monoisotopic (exact) mass is 359 g/mol. The van der Waals surface area contributed by atoms with Gasteiger partial charge in [-0.2, -0.15) is 0 Å². The lowest BCUT2D eigenvalue weighted by Gasteiger charge is -2.25. The third-order valence-electron chi connectivity index (χ3n) is 3.53. The van der Waals surface area contributed by atoms with E-state index in [1.165, 1.54) is 0 Å². The van der Waals surface area contributed by atoms with Gasteiger partial charge in [-0.05, 0) is 38.1 Å². The molecule has 0 aliphatic carbocycles. The van der Waals surface area contributed by atoms with Gasteiger partial charge in [-0.1, -0.05) is 43.3 Å². The highest BCUT2D eigenvalue weighted by Crippen LogP contribution is 2.06. The molecule has 26 heavy (non-hydrogen) atoms. The Morgan fingerprint density at radius 2 is 1.19 bits per heavy atom. The van der Waals surface area contributed by atoms with Gasteiger partial charge in [-0.25, -0.2) is 9.59 Å². The maximum atomic E-state index is 11.6. The molecular weight excluding hydrogens is 334 g/mol. The Morgan fingerprint density at radius 3 is 1.42 bits per heavy atom. The van der Waals surface area contributed by atoms with E-state index in [1.54, 1.807) is 79.4 Å². The Bertz CT molecular complexity index is 614. The Hall–Kier alpha value is -2.54. The van der Waals surface area contributed by atoms with Gasteiger partial charge >= 0.3 is 11.9 Å². The molecule has 0 saturated carbocycles. The van der Waals surface area contributed by atoms with E-state index >= 15 is 0 Å². The zero-order valence-corrected chi connectivity index (χ0v) is 15.2. The van der Waals surface area contributed by atoms with E-state index in [0.29, 0.717) is 17.7 Å². The summed E-state index contributed by atoms with van der Waals surface area (Å²) in [5, 5.41) is 17.9. The van der Waals surface area contributed by atoms with Gasteiger partial charge in [0, 0.05) is 6.54 Å². The van der Waals surface area contributed by atoms with Crippen LogP contribution in [0, 0.1) is 0 Å². The standard InChI is InChI=1S/C14H10O3.C6H15NO2/c15-13(11-7-3-1-4-8-11)17-14(16)12-9-5-2-6-10-12;1-4-7(5(2)8)6(3)9/h1-10H;5-6,8-9H,4H2,1-3H3. The number of carbonyl (C=O) groups excluding carboxylic acids is 2. The number of ether oxygens (including phenoxy) is 1. The second kappa shape index (κ2) is 11.1. The van der Waals surface area contributed by atoms with Crippen molar-refractivity contribution in [2.75, 3.05) is 6.54 Å². The molecule has 2 N–H and O–H groups in total. The molecule has 2 rings (SSSR count). The summed E-state index contributed by atoms with van der Waals surface area (Å²) >= 11 is 0. The maximum absolute atomic E-state index is 11.6. The van der Waals surface area contributed by atoms with Gasteiger partial charge in [-0.3, -0.25) is 4.90 Å². The van der Waals surface area contributed by atoms with Crippen LogP contribution in [0.25, 0.3) is 0 Å². The van der Waals surface area contributed by atoms with Crippen LogP contribution in [0.5, 0.6) is 0 Å². The molecule has 0 fully saturated rings. The second-order valence-corrected chi connectivity index (χ2v) is 5.50. The summed E-state index contributed by atoms with van der Waals surface area (Å²) < 4.78 is 4.74. The maximum Gasteiger partial charge on any atom is 0.346 e. The van der Waals surface area contributed by atoms with Gasteiger partial charge in [0.05, 0.1) is 11.1 Å². The van der Waals surface area contributed by atoms with Crippen molar-refractivity contribution in [3.63, 3.8) is 0 Å². The summed E-state index contributed by atoms with van der Waals surface area (Å²) in [5.74, 6) is -1.28. The third kappa shape index (κ3) is 7.14. The Balaban J connectivity index is 0.000000321. The highest BCUT2D eigenvalue weighted by molar-refractivity contribution is 6.02. The molecule has 6 heteroatoms. The van der Waals surface area contributed by atoms with Crippen LogP contribution < -0.4 is 0 Å². The van der Waals surface area contributed by atoms with Crippen molar-refractivity contribution in [3.05, 3.63) is 71.8 Å². The Labute approximate surface area is 153 Å². The van der Waals surface area contributed by atoms with Gasteiger partial charge in [0.25, 0.3) is 0 Å². The number of benzene rings is 2. The zero-order valence-electron chi connectivity index (χ0n) is 15.2. The van der Waals surface area contributed by atoms with E-state index in [0.717, 1.165) is 0 Å². The number of aliphatic hydroxyl groups excluding tert-OH is 2. The summed E-state index contributed by atoms with van der Waals surface area (Å²) in [4.78, 5) is 24.7. The van der Waals surface area contributed by atoms with Crippen LogP contribution in [0.1, 0.15) is 41.5 Å². The minimum absolute atomic E-state index is 0.358. The average molecular weight is 359 g/mol. The molecule has 0 spiro atoms. The van der Waals surface area contributed by atoms with Gasteiger partial charge < -0.3 is 14.9 Å². The van der Waals surface area contributed by atoms with Crippen LogP contribution in [-0.4, -0.2) is 46.1 Å². The molecular formula is C20H25NO5. The number of hydrogen-bond donors (Lipinski definition) is 2. The first-order chi connectivity index (χ1) is 12.4. The number of aliphatic hydroxyl groups is 2. The van der Waals surface area contributed by atoms with Crippen molar-refractivity contribution in [2.45, 2.75) is 33.2 Å². The minimum Gasteiger partial charge on any atom is -0.386 e. The number of nitrogens with zero attached hydrogens (tertiary/aromatic N) is 1. The van der Waals surface area contributed by atoms with E-state index in [2.05, 4.69) is 0 Å². The summed E-state index contributed by atoms with van der Waals surface area (Å²) in [6.45, 7) is 5.82. The SMILES string of the molecule is CCN(C(C)O)C(C)O.O=C(OC(=O)c1ccccc1)c1ccccc1. The topological polar surface area (TPSA) is 87.1 Å². The van der Waals surface area contributed by atoms with Crippen molar-refractivity contribution in [1.82, 2.24) is 4.90 Å². The quantitative estimate of drug-likeness (QED) is 0.485. The van der Waals surface area contributed by atoms with Crippen LogP contribution in [0.15, 0.2) is 60.7 Å². The third-order valence-corrected chi connectivity index (χ3v) is 3.53. The van der Waals surface area contributed by atoms with Gasteiger partial charge in [0.1, 0.15) is 12.5 Å². The van der Waals surface area contributed by atoms with Crippen molar-refractivity contribution in [1.29, 1.82) is 0 Å². The summed E-state index contributed by atoms with van der Waals surface area (Å²) in [7, 11) is 0. The van der Waals surface area contributed by atoms with E-state index in [1.807, 2.05) is 6.92 Å². The molecule has 0 radical (unpaired) electrons. The van der Waals surface area contributed by atoms with E-state index in [-0.39, 0.29) is 0 Å². The van der Waals surface area contributed by atoms with E-state index in [4.69, 9.17) is 14.9 Å². The summed E-state index contributed by atoms with van der Waals surface area (Å²) in [6, 6.07) is 16.8. The van der Waals surface area contributed by atoms with Crippen molar-refractivity contribution >= 4 is 11.9 Å². The number of carbonyl (C=O) groups is 2. The Kier molecular flexibility index (Phi) is 9.22. The molecule has 0 bridgehead atoms. The molecule has 2 atom stereocenters. The largest absolute Gasteiger partial charge is 0.386 e.